The summed E-state index contributed by atoms with van der Waals surface area (Å²) in [6.45, 7) is 9.49. The van der Waals surface area contributed by atoms with Crippen LogP contribution in [0.15, 0.2) is 33.4 Å². The highest BCUT2D eigenvalue weighted by Crippen LogP contribution is 2.34. The Bertz CT molecular complexity index is 1010. The molecular formula is C21H27ClN4O3. The van der Waals surface area contributed by atoms with Gasteiger partial charge in [0.05, 0.1) is 22.9 Å². The number of carbonyl (C=O) groups excluding carboxylic acids is 1. The van der Waals surface area contributed by atoms with Crippen molar-refractivity contribution >= 4 is 29.4 Å². The maximum atomic E-state index is 13.6. The first kappa shape index (κ1) is 21.3. The summed E-state index contributed by atoms with van der Waals surface area (Å²) in [4.78, 5) is 20.0. The van der Waals surface area contributed by atoms with Gasteiger partial charge >= 0.3 is 0 Å². The molecule has 1 atom stereocenters. The van der Waals surface area contributed by atoms with Crippen LogP contribution in [0.3, 0.4) is 0 Å². The molecule has 1 aliphatic heterocycles. The molecule has 4 heterocycles. The van der Waals surface area contributed by atoms with E-state index in [2.05, 4.69) is 24.0 Å². The number of nitrogens with two attached hydrogens (primary N) is 1. The number of fused-ring (bicyclic) bond motifs is 1. The van der Waals surface area contributed by atoms with Gasteiger partial charge in [-0.2, -0.15) is 0 Å². The lowest BCUT2D eigenvalue weighted by Crippen LogP contribution is -2.54. The summed E-state index contributed by atoms with van der Waals surface area (Å²) in [5, 5.41) is 4.87. The van der Waals surface area contributed by atoms with Crippen LogP contribution in [0, 0.1) is 5.41 Å². The molecule has 2 N–H and O–H groups in total. The number of hydrogen-bond donors (Lipinski definition) is 1. The van der Waals surface area contributed by atoms with Gasteiger partial charge in [0.15, 0.2) is 5.76 Å². The number of amides is 1. The van der Waals surface area contributed by atoms with E-state index in [1.165, 1.54) is 0 Å². The molecule has 4 rings (SSSR count). The molecule has 0 aliphatic carbocycles. The Morgan fingerprint density at radius 2 is 2.14 bits per heavy atom. The van der Waals surface area contributed by atoms with Crippen molar-refractivity contribution in [2.75, 3.05) is 13.1 Å². The van der Waals surface area contributed by atoms with Gasteiger partial charge in [-0.3, -0.25) is 4.79 Å². The monoisotopic (exact) mass is 418 g/mol. The van der Waals surface area contributed by atoms with Crippen molar-refractivity contribution in [1.82, 2.24) is 15.0 Å². The molecule has 8 heteroatoms. The van der Waals surface area contributed by atoms with Gasteiger partial charge in [0.1, 0.15) is 5.69 Å². The first-order valence-electron chi connectivity index (χ1n) is 9.67. The fourth-order valence-corrected chi connectivity index (χ4v) is 3.80. The predicted molar refractivity (Wildman–Crippen MR) is 113 cm³/mol. The molecule has 1 saturated heterocycles. The van der Waals surface area contributed by atoms with Crippen LogP contribution in [0.2, 0.25) is 0 Å². The molecule has 156 valence electrons. The van der Waals surface area contributed by atoms with E-state index in [9.17, 15) is 4.79 Å². The Morgan fingerprint density at radius 3 is 2.76 bits per heavy atom. The molecule has 1 aliphatic rings. The Hall–Kier alpha value is -2.38. The van der Waals surface area contributed by atoms with Crippen molar-refractivity contribution in [3.8, 4) is 11.5 Å². The number of carbonyl (C=O) groups is 1. The third kappa shape index (κ3) is 3.76. The van der Waals surface area contributed by atoms with E-state index in [-0.39, 0.29) is 35.7 Å². The van der Waals surface area contributed by atoms with E-state index in [4.69, 9.17) is 14.7 Å². The van der Waals surface area contributed by atoms with Crippen molar-refractivity contribution in [2.24, 2.45) is 11.1 Å². The Labute approximate surface area is 176 Å². The molecule has 1 amide bonds. The van der Waals surface area contributed by atoms with Crippen LogP contribution in [0.4, 0.5) is 0 Å². The molecule has 3 aromatic heterocycles. The lowest BCUT2D eigenvalue weighted by atomic mass is 9.79. The summed E-state index contributed by atoms with van der Waals surface area (Å²) >= 11 is 0. The van der Waals surface area contributed by atoms with Crippen LogP contribution in [0.25, 0.3) is 22.6 Å². The van der Waals surface area contributed by atoms with Gasteiger partial charge in [0.2, 0.25) is 0 Å². The molecule has 0 radical (unpaired) electrons. The molecule has 7 nitrogen and oxygen atoms in total. The third-order valence-electron chi connectivity index (χ3n) is 5.62. The van der Waals surface area contributed by atoms with Crippen LogP contribution in [0.5, 0.6) is 0 Å². The minimum Gasteiger partial charge on any atom is -0.463 e. The fourth-order valence-electron chi connectivity index (χ4n) is 3.80. The zero-order valence-electron chi connectivity index (χ0n) is 17.1. The van der Waals surface area contributed by atoms with Crippen molar-refractivity contribution in [3.05, 3.63) is 35.7 Å². The maximum Gasteiger partial charge on any atom is 0.259 e. The molecule has 29 heavy (non-hydrogen) atoms. The second-order valence-electron chi connectivity index (χ2n) is 8.55. The summed E-state index contributed by atoms with van der Waals surface area (Å²) in [5.74, 6) is 0.639. The van der Waals surface area contributed by atoms with Crippen LogP contribution in [-0.4, -0.2) is 40.1 Å². The second kappa shape index (κ2) is 7.80. The minimum atomic E-state index is -0.139. The zero-order valence-corrected chi connectivity index (χ0v) is 18.0. The molecule has 0 bridgehead atoms. The average molecular weight is 419 g/mol. The van der Waals surface area contributed by atoms with Gasteiger partial charge in [0, 0.05) is 19.1 Å². The van der Waals surface area contributed by atoms with Crippen molar-refractivity contribution in [1.29, 1.82) is 0 Å². The Kier molecular flexibility index (Phi) is 5.74. The van der Waals surface area contributed by atoms with Crippen molar-refractivity contribution < 1.29 is 13.7 Å². The van der Waals surface area contributed by atoms with E-state index < -0.39 is 0 Å². The maximum absolute atomic E-state index is 13.6. The minimum absolute atomic E-state index is 0. The fraction of sp³-hybridized carbons (Fsp3) is 0.476. The van der Waals surface area contributed by atoms with Gasteiger partial charge in [-0.25, -0.2) is 4.98 Å². The number of hydrogen-bond acceptors (Lipinski definition) is 6. The van der Waals surface area contributed by atoms with Crippen LogP contribution in [-0.2, 0) is 0 Å². The molecule has 0 saturated carbocycles. The third-order valence-corrected chi connectivity index (χ3v) is 5.62. The number of rotatable bonds is 3. The molecule has 3 aromatic rings. The number of piperidine rings is 1. The average Bonchev–Trinajstić information content (AvgIpc) is 3.31. The first-order chi connectivity index (χ1) is 13.3. The molecular weight excluding hydrogens is 392 g/mol. The number of halogens is 1. The smallest absolute Gasteiger partial charge is 0.259 e. The van der Waals surface area contributed by atoms with E-state index in [1.54, 1.807) is 18.4 Å². The topological polar surface area (TPSA) is 98.4 Å². The zero-order chi connectivity index (χ0) is 20.1. The molecule has 1 unspecified atom stereocenters. The molecule has 0 aromatic carbocycles. The van der Waals surface area contributed by atoms with E-state index >= 15 is 0 Å². The molecule has 0 spiro atoms. The first-order valence-corrected chi connectivity index (χ1v) is 9.67. The Balaban J connectivity index is 0.00000240. The number of pyridine rings is 1. The summed E-state index contributed by atoms with van der Waals surface area (Å²) in [5.41, 5.74) is 8.32. The van der Waals surface area contributed by atoms with Crippen molar-refractivity contribution in [3.63, 3.8) is 0 Å². The highest BCUT2D eigenvalue weighted by Gasteiger charge is 2.36. The predicted octanol–water partition coefficient (Wildman–Crippen LogP) is 4.23. The number of nitrogens with zero attached hydrogens (tertiary/aromatic N) is 3. The summed E-state index contributed by atoms with van der Waals surface area (Å²) < 4.78 is 11.0. The second-order valence-corrected chi connectivity index (χ2v) is 8.55. The van der Waals surface area contributed by atoms with E-state index in [0.717, 1.165) is 12.1 Å². The quantitative estimate of drug-likeness (QED) is 0.683. The lowest BCUT2D eigenvalue weighted by molar-refractivity contribution is 0.0535. The van der Waals surface area contributed by atoms with Gasteiger partial charge in [-0.05, 0) is 36.0 Å². The van der Waals surface area contributed by atoms with Crippen LogP contribution >= 0.6 is 12.4 Å². The SMILES string of the molecule is CC(C)c1noc2nc(-c3ccco3)cc(C(=O)N3CCC(N)C(C)(C)C3)c12.Cl. The lowest BCUT2D eigenvalue weighted by Gasteiger charge is -2.42. The Morgan fingerprint density at radius 1 is 1.38 bits per heavy atom. The highest BCUT2D eigenvalue weighted by molar-refractivity contribution is 6.07. The van der Waals surface area contributed by atoms with E-state index in [1.807, 2.05) is 24.8 Å². The standard InChI is InChI=1S/C21H26N4O3.ClH/c1-12(2)18-17-13(20(26)25-8-7-16(22)21(3,4)11-25)10-14(15-6-5-9-27-15)23-19(17)28-24-18;/h5-6,9-10,12,16H,7-8,11,22H2,1-4H3;1H. The van der Waals surface area contributed by atoms with E-state index in [0.29, 0.717) is 41.2 Å². The normalized spacial score (nSPS) is 18.8. The number of furan rings is 1. The van der Waals surface area contributed by atoms with Crippen LogP contribution < -0.4 is 5.73 Å². The number of aromatic nitrogens is 2. The largest absolute Gasteiger partial charge is 0.463 e. The summed E-state index contributed by atoms with van der Waals surface area (Å²) in [6.07, 6.45) is 2.36. The van der Waals surface area contributed by atoms with Gasteiger partial charge in [-0.1, -0.05) is 32.9 Å². The number of likely N-dealkylation sites (tertiary alicyclic amines) is 1. The van der Waals surface area contributed by atoms with Gasteiger partial charge in [0.25, 0.3) is 11.6 Å². The summed E-state index contributed by atoms with van der Waals surface area (Å²) in [6, 6.07) is 5.46. The highest BCUT2D eigenvalue weighted by atomic mass is 35.5. The van der Waals surface area contributed by atoms with Crippen LogP contribution in [0.1, 0.15) is 56.1 Å². The van der Waals surface area contributed by atoms with Gasteiger partial charge in [-0.15, -0.1) is 12.4 Å². The van der Waals surface area contributed by atoms with Gasteiger partial charge < -0.3 is 19.6 Å². The van der Waals surface area contributed by atoms with Crippen molar-refractivity contribution in [2.45, 2.75) is 46.1 Å². The summed E-state index contributed by atoms with van der Waals surface area (Å²) in [7, 11) is 0. The molecule has 1 fully saturated rings.